The summed E-state index contributed by atoms with van der Waals surface area (Å²) in [7, 11) is 0. The lowest BCUT2D eigenvalue weighted by molar-refractivity contribution is 0.555. The van der Waals surface area contributed by atoms with Crippen molar-refractivity contribution in [2.75, 3.05) is 0 Å². The molecule has 0 saturated carbocycles. The van der Waals surface area contributed by atoms with Crippen molar-refractivity contribution in [3.63, 3.8) is 0 Å². The lowest BCUT2D eigenvalue weighted by Gasteiger charge is -2.13. The Morgan fingerprint density at radius 3 is 2.65 bits per heavy atom. The standard InChI is InChI=1S/C15H13BrN2O2/c1-8-6-9(2-4-11(8)16)14(17)10-3-5-12-13(7-10)20-15(19)18-12/h2-7,14H,17H2,1H3,(H,18,19). The van der Waals surface area contributed by atoms with E-state index in [4.69, 9.17) is 10.2 Å². The van der Waals surface area contributed by atoms with E-state index in [0.717, 1.165) is 21.2 Å². The summed E-state index contributed by atoms with van der Waals surface area (Å²) in [6.45, 7) is 2.02. The molecule has 1 atom stereocenters. The minimum Gasteiger partial charge on any atom is -0.408 e. The molecule has 3 rings (SSSR count). The average molecular weight is 333 g/mol. The summed E-state index contributed by atoms with van der Waals surface area (Å²) in [5.41, 5.74) is 10.5. The van der Waals surface area contributed by atoms with Crippen LogP contribution in [-0.2, 0) is 0 Å². The first-order chi connectivity index (χ1) is 9.54. The molecule has 1 unspecified atom stereocenters. The highest BCUT2D eigenvalue weighted by molar-refractivity contribution is 9.10. The fourth-order valence-electron chi connectivity index (χ4n) is 2.21. The molecule has 3 aromatic rings. The molecule has 102 valence electrons. The van der Waals surface area contributed by atoms with Crippen LogP contribution < -0.4 is 11.5 Å². The quantitative estimate of drug-likeness (QED) is 0.756. The Kier molecular flexibility index (Phi) is 3.23. The van der Waals surface area contributed by atoms with Crippen LogP contribution >= 0.6 is 15.9 Å². The van der Waals surface area contributed by atoms with Crippen molar-refractivity contribution in [2.24, 2.45) is 5.73 Å². The number of nitrogens with one attached hydrogen (secondary N) is 1. The fourth-order valence-corrected chi connectivity index (χ4v) is 2.46. The molecule has 4 nitrogen and oxygen atoms in total. The summed E-state index contributed by atoms with van der Waals surface area (Å²) in [4.78, 5) is 13.8. The van der Waals surface area contributed by atoms with Gasteiger partial charge in [0, 0.05) is 4.47 Å². The van der Waals surface area contributed by atoms with Crippen molar-refractivity contribution in [1.82, 2.24) is 4.98 Å². The number of oxazole rings is 1. The van der Waals surface area contributed by atoms with E-state index in [1.54, 1.807) is 12.1 Å². The van der Waals surface area contributed by atoms with E-state index in [1.807, 2.05) is 31.2 Å². The van der Waals surface area contributed by atoms with Gasteiger partial charge in [-0.3, -0.25) is 4.98 Å². The van der Waals surface area contributed by atoms with Crippen molar-refractivity contribution in [3.8, 4) is 0 Å². The number of nitrogens with two attached hydrogens (primary N) is 1. The summed E-state index contributed by atoms with van der Waals surface area (Å²) in [6, 6.07) is 11.3. The Labute approximate surface area is 123 Å². The Bertz CT molecular complexity index is 835. The van der Waals surface area contributed by atoms with Crippen LogP contribution in [0.5, 0.6) is 0 Å². The van der Waals surface area contributed by atoms with Crippen molar-refractivity contribution >= 4 is 27.0 Å². The van der Waals surface area contributed by atoms with Gasteiger partial charge in [0.15, 0.2) is 5.58 Å². The molecule has 5 heteroatoms. The highest BCUT2D eigenvalue weighted by Crippen LogP contribution is 2.26. The van der Waals surface area contributed by atoms with Gasteiger partial charge in [0.1, 0.15) is 0 Å². The minimum atomic E-state index is -0.454. The van der Waals surface area contributed by atoms with E-state index in [-0.39, 0.29) is 6.04 Å². The number of rotatable bonds is 2. The lowest BCUT2D eigenvalue weighted by atomic mass is 9.98. The topological polar surface area (TPSA) is 72.0 Å². The zero-order valence-corrected chi connectivity index (χ0v) is 12.4. The van der Waals surface area contributed by atoms with Crippen molar-refractivity contribution in [1.29, 1.82) is 0 Å². The highest BCUT2D eigenvalue weighted by Gasteiger charge is 2.12. The molecular formula is C15H13BrN2O2. The maximum Gasteiger partial charge on any atom is 0.417 e. The van der Waals surface area contributed by atoms with Crippen LogP contribution in [0.2, 0.25) is 0 Å². The highest BCUT2D eigenvalue weighted by atomic mass is 79.9. The fraction of sp³-hybridized carbons (Fsp3) is 0.133. The summed E-state index contributed by atoms with van der Waals surface area (Å²) >= 11 is 3.48. The normalized spacial score (nSPS) is 12.8. The lowest BCUT2D eigenvalue weighted by Crippen LogP contribution is -2.11. The van der Waals surface area contributed by atoms with Gasteiger partial charge in [-0.1, -0.05) is 34.1 Å². The predicted molar refractivity (Wildman–Crippen MR) is 81.7 cm³/mol. The monoisotopic (exact) mass is 332 g/mol. The molecule has 0 radical (unpaired) electrons. The van der Waals surface area contributed by atoms with Gasteiger partial charge in [0.25, 0.3) is 0 Å². The van der Waals surface area contributed by atoms with Gasteiger partial charge in [0.05, 0.1) is 11.6 Å². The van der Waals surface area contributed by atoms with E-state index in [1.165, 1.54) is 0 Å². The second-order valence-electron chi connectivity index (χ2n) is 4.76. The first kappa shape index (κ1) is 13.1. The molecule has 0 fully saturated rings. The number of hydrogen-bond donors (Lipinski definition) is 2. The third-order valence-electron chi connectivity index (χ3n) is 3.35. The summed E-state index contributed by atoms with van der Waals surface area (Å²) < 4.78 is 6.12. The predicted octanol–water partition coefficient (Wildman–Crippen LogP) is 3.24. The Hall–Kier alpha value is -1.85. The van der Waals surface area contributed by atoms with Crippen LogP contribution in [0.25, 0.3) is 11.1 Å². The smallest absolute Gasteiger partial charge is 0.408 e. The van der Waals surface area contributed by atoms with Gasteiger partial charge >= 0.3 is 5.76 Å². The SMILES string of the molecule is Cc1cc(C(N)c2ccc3[nH]c(=O)oc3c2)ccc1Br. The first-order valence-corrected chi connectivity index (χ1v) is 6.98. The Morgan fingerprint density at radius 2 is 1.90 bits per heavy atom. The minimum absolute atomic E-state index is 0.258. The van der Waals surface area contributed by atoms with E-state index in [9.17, 15) is 4.79 Å². The molecule has 1 aromatic heterocycles. The molecule has 1 heterocycles. The van der Waals surface area contributed by atoms with Crippen LogP contribution in [0, 0.1) is 6.92 Å². The molecule has 0 amide bonds. The maximum atomic E-state index is 11.2. The molecule has 0 aliphatic carbocycles. The molecule has 2 aromatic carbocycles. The maximum absolute atomic E-state index is 11.2. The molecule has 0 aliphatic heterocycles. The van der Waals surface area contributed by atoms with Crippen LogP contribution in [0.3, 0.4) is 0 Å². The van der Waals surface area contributed by atoms with Gasteiger partial charge in [0.2, 0.25) is 0 Å². The number of halogens is 1. The van der Waals surface area contributed by atoms with Gasteiger partial charge in [-0.25, -0.2) is 4.79 Å². The van der Waals surface area contributed by atoms with E-state index in [2.05, 4.69) is 20.9 Å². The van der Waals surface area contributed by atoms with Gasteiger partial charge in [-0.2, -0.15) is 0 Å². The number of fused-ring (bicyclic) bond motifs is 1. The number of hydrogen-bond acceptors (Lipinski definition) is 3. The zero-order valence-electron chi connectivity index (χ0n) is 10.8. The Morgan fingerprint density at radius 1 is 1.20 bits per heavy atom. The molecule has 0 saturated heterocycles. The van der Waals surface area contributed by atoms with Crippen molar-refractivity contribution in [3.05, 3.63) is 68.1 Å². The van der Waals surface area contributed by atoms with Crippen molar-refractivity contribution < 1.29 is 4.42 Å². The molecule has 20 heavy (non-hydrogen) atoms. The van der Waals surface area contributed by atoms with Gasteiger partial charge in [-0.15, -0.1) is 0 Å². The van der Waals surface area contributed by atoms with E-state index in [0.29, 0.717) is 11.1 Å². The number of aromatic amines is 1. The molecule has 0 spiro atoms. The Balaban J connectivity index is 2.04. The summed E-state index contributed by atoms with van der Waals surface area (Å²) in [5, 5.41) is 0. The third-order valence-corrected chi connectivity index (χ3v) is 4.24. The average Bonchev–Trinajstić information content (AvgIpc) is 2.80. The van der Waals surface area contributed by atoms with Crippen LogP contribution in [-0.4, -0.2) is 4.98 Å². The second kappa shape index (κ2) is 4.92. The van der Waals surface area contributed by atoms with E-state index < -0.39 is 5.76 Å². The van der Waals surface area contributed by atoms with Crippen molar-refractivity contribution in [2.45, 2.75) is 13.0 Å². The first-order valence-electron chi connectivity index (χ1n) is 6.19. The van der Waals surface area contributed by atoms with Gasteiger partial charge < -0.3 is 10.2 Å². The van der Waals surface area contributed by atoms with E-state index >= 15 is 0 Å². The number of aryl methyl sites for hydroxylation is 1. The van der Waals surface area contributed by atoms with Gasteiger partial charge in [-0.05, 0) is 41.8 Å². The largest absolute Gasteiger partial charge is 0.417 e. The molecular weight excluding hydrogens is 320 g/mol. The second-order valence-corrected chi connectivity index (χ2v) is 5.61. The number of H-pyrrole nitrogens is 1. The number of benzene rings is 2. The third kappa shape index (κ3) is 2.30. The molecule has 0 aliphatic rings. The number of aromatic nitrogens is 1. The molecule has 3 N–H and O–H groups in total. The van der Waals surface area contributed by atoms with Crippen LogP contribution in [0.1, 0.15) is 22.7 Å². The van der Waals surface area contributed by atoms with Crippen LogP contribution in [0.15, 0.2) is 50.1 Å². The summed E-state index contributed by atoms with van der Waals surface area (Å²) in [6.07, 6.45) is 0. The summed E-state index contributed by atoms with van der Waals surface area (Å²) in [5.74, 6) is -0.454. The molecule has 0 bridgehead atoms. The van der Waals surface area contributed by atoms with Crippen LogP contribution in [0.4, 0.5) is 0 Å². The zero-order chi connectivity index (χ0) is 14.3.